The Morgan fingerprint density at radius 1 is 0.952 bits per heavy atom. The maximum atomic E-state index is 13.1. The molecule has 1 atom stereocenters. The lowest BCUT2D eigenvalue weighted by atomic mass is 10.4. The summed E-state index contributed by atoms with van der Waals surface area (Å²) < 4.78 is 32.2. The minimum atomic E-state index is -1.84. The fraction of sp³-hybridized carbons (Fsp3) is 0.571. The van der Waals surface area contributed by atoms with E-state index in [1.807, 2.05) is 0 Å². The maximum Gasteiger partial charge on any atom is 0.335 e. The molecule has 0 fully saturated rings. The average molecular weight is 304 g/mol. The zero-order valence-electron chi connectivity index (χ0n) is 12.4. The average Bonchev–Trinajstić information content (AvgIpc) is 2.40. The topological polar surface area (TPSA) is 71.1 Å². The van der Waals surface area contributed by atoms with Crippen LogP contribution in [0.3, 0.4) is 0 Å². The molecule has 0 heterocycles. The number of hydrogen-bond donors (Lipinski definition) is 0. The minimum Gasteiger partial charge on any atom is -0.460 e. The summed E-state index contributed by atoms with van der Waals surface area (Å²) in [5.41, 5.74) is 0.432. The SMILES string of the molecule is C=C(C)C(=O)OCCOCCOCC(F)OC(=O)C(=C)C. The lowest BCUT2D eigenvalue weighted by molar-refractivity contribution is -0.159. The molecule has 6 nitrogen and oxygen atoms in total. The Hall–Kier alpha value is -1.73. The Morgan fingerprint density at radius 2 is 1.48 bits per heavy atom. The van der Waals surface area contributed by atoms with Gasteiger partial charge in [-0.25, -0.2) is 9.59 Å². The summed E-state index contributed by atoms with van der Waals surface area (Å²) in [7, 11) is 0. The molecule has 7 heteroatoms. The Kier molecular flexibility index (Phi) is 10.1. The van der Waals surface area contributed by atoms with Crippen LogP contribution in [0, 0.1) is 0 Å². The van der Waals surface area contributed by atoms with Crippen molar-refractivity contribution in [3.63, 3.8) is 0 Å². The van der Waals surface area contributed by atoms with Crippen LogP contribution in [0.5, 0.6) is 0 Å². The summed E-state index contributed by atoms with van der Waals surface area (Å²) in [5.74, 6) is -1.28. The molecule has 0 aliphatic heterocycles. The van der Waals surface area contributed by atoms with E-state index in [-0.39, 0.29) is 38.6 Å². The van der Waals surface area contributed by atoms with Crippen molar-refractivity contribution in [1.29, 1.82) is 0 Å². The number of carbonyl (C=O) groups is 2. The Labute approximate surface area is 123 Å². The summed E-state index contributed by atoms with van der Waals surface area (Å²) in [6, 6.07) is 0. The van der Waals surface area contributed by atoms with Gasteiger partial charge in [-0.2, -0.15) is 4.39 Å². The summed E-state index contributed by atoms with van der Waals surface area (Å²) in [6.45, 7) is 9.97. The van der Waals surface area contributed by atoms with E-state index in [1.165, 1.54) is 6.92 Å². The molecule has 120 valence electrons. The first-order valence-corrected chi connectivity index (χ1v) is 6.33. The zero-order valence-corrected chi connectivity index (χ0v) is 12.4. The highest BCUT2D eigenvalue weighted by Crippen LogP contribution is 2.00. The van der Waals surface area contributed by atoms with Crippen LogP contribution < -0.4 is 0 Å². The molecule has 0 saturated heterocycles. The van der Waals surface area contributed by atoms with Gasteiger partial charge in [-0.05, 0) is 13.8 Å². The van der Waals surface area contributed by atoms with Crippen LogP contribution in [0.4, 0.5) is 4.39 Å². The summed E-state index contributed by atoms with van der Waals surface area (Å²) >= 11 is 0. The third kappa shape index (κ3) is 10.7. The van der Waals surface area contributed by atoms with Crippen molar-refractivity contribution >= 4 is 11.9 Å². The molecule has 0 aromatic rings. The van der Waals surface area contributed by atoms with Crippen LogP contribution in [0.15, 0.2) is 24.3 Å². The van der Waals surface area contributed by atoms with Crippen molar-refractivity contribution in [3.8, 4) is 0 Å². The van der Waals surface area contributed by atoms with Gasteiger partial charge in [0.1, 0.15) is 13.2 Å². The second-order valence-electron chi connectivity index (χ2n) is 4.20. The standard InChI is InChI=1S/C14H21FO6/c1-10(2)13(16)20-8-7-18-5-6-19-9-12(15)21-14(17)11(3)4/h12H,1,3,5-9H2,2,4H3. The first-order valence-electron chi connectivity index (χ1n) is 6.33. The Balaban J connectivity index is 3.44. The van der Waals surface area contributed by atoms with Gasteiger partial charge in [-0.15, -0.1) is 0 Å². The molecule has 0 aromatic heterocycles. The summed E-state index contributed by atoms with van der Waals surface area (Å²) in [4.78, 5) is 22.0. The number of rotatable bonds is 11. The third-order valence-corrected chi connectivity index (χ3v) is 2.01. The van der Waals surface area contributed by atoms with Crippen molar-refractivity contribution < 1.29 is 32.9 Å². The van der Waals surface area contributed by atoms with Crippen LogP contribution in [-0.2, 0) is 28.5 Å². The lowest BCUT2D eigenvalue weighted by Gasteiger charge is -2.10. The molecule has 0 saturated carbocycles. The van der Waals surface area contributed by atoms with Gasteiger partial charge in [-0.1, -0.05) is 13.2 Å². The molecule has 0 radical (unpaired) electrons. The van der Waals surface area contributed by atoms with Crippen molar-refractivity contribution in [2.45, 2.75) is 20.2 Å². The molecule has 0 amide bonds. The zero-order chi connectivity index (χ0) is 16.3. The van der Waals surface area contributed by atoms with Gasteiger partial charge >= 0.3 is 11.9 Å². The van der Waals surface area contributed by atoms with Crippen LogP contribution in [-0.4, -0.2) is 51.3 Å². The maximum absolute atomic E-state index is 13.1. The second-order valence-corrected chi connectivity index (χ2v) is 4.20. The predicted octanol–water partition coefficient (Wildman–Crippen LogP) is 1.55. The van der Waals surface area contributed by atoms with Crippen LogP contribution in [0.1, 0.15) is 13.8 Å². The highest BCUT2D eigenvalue weighted by molar-refractivity contribution is 5.87. The van der Waals surface area contributed by atoms with Gasteiger partial charge in [0.05, 0.1) is 19.8 Å². The van der Waals surface area contributed by atoms with E-state index in [4.69, 9.17) is 14.2 Å². The highest BCUT2D eigenvalue weighted by Gasteiger charge is 2.13. The first-order chi connectivity index (χ1) is 9.84. The highest BCUT2D eigenvalue weighted by atomic mass is 19.1. The molecule has 1 unspecified atom stereocenters. The van der Waals surface area contributed by atoms with Gasteiger partial charge in [0.2, 0.25) is 0 Å². The van der Waals surface area contributed by atoms with Crippen LogP contribution >= 0.6 is 0 Å². The second kappa shape index (κ2) is 11.0. The number of ether oxygens (including phenoxy) is 4. The number of carbonyl (C=O) groups excluding carboxylic acids is 2. The van der Waals surface area contributed by atoms with Gasteiger partial charge in [0.15, 0.2) is 0 Å². The van der Waals surface area contributed by atoms with E-state index in [1.54, 1.807) is 6.92 Å². The van der Waals surface area contributed by atoms with E-state index in [2.05, 4.69) is 17.9 Å². The molecular weight excluding hydrogens is 283 g/mol. The fourth-order valence-electron chi connectivity index (χ4n) is 0.963. The van der Waals surface area contributed by atoms with Crippen molar-refractivity contribution in [3.05, 3.63) is 24.3 Å². The molecule has 0 spiro atoms. The van der Waals surface area contributed by atoms with Gasteiger partial charge in [-0.3, -0.25) is 0 Å². The van der Waals surface area contributed by atoms with Crippen molar-refractivity contribution in [2.75, 3.05) is 33.0 Å². The van der Waals surface area contributed by atoms with Crippen molar-refractivity contribution in [2.24, 2.45) is 0 Å². The molecule has 21 heavy (non-hydrogen) atoms. The van der Waals surface area contributed by atoms with E-state index in [0.29, 0.717) is 5.57 Å². The third-order valence-electron chi connectivity index (χ3n) is 2.01. The van der Waals surface area contributed by atoms with E-state index >= 15 is 0 Å². The van der Waals surface area contributed by atoms with Gasteiger partial charge in [0.25, 0.3) is 6.36 Å². The Morgan fingerprint density at radius 3 is 2.05 bits per heavy atom. The number of hydrogen-bond acceptors (Lipinski definition) is 6. The first kappa shape index (κ1) is 19.3. The lowest BCUT2D eigenvalue weighted by Crippen LogP contribution is -2.21. The minimum absolute atomic E-state index is 0.105. The summed E-state index contributed by atoms with van der Waals surface area (Å²) in [6.07, 6.45) is -1.84. The number of halogens is 1. The molecule has 0 N–H and O–H groups in total. The number of alkyl halides is 1. The fourth-order valence-corrected chi connectivity index (χ4v) is 0.963. The van der Waals surface area contributed by atoms with Gasteiger partial charge < -0.3 is 18.9 Å². The molecule has 0 aliphatic rings. The van der Waals surface area contributed by atoms with Crippen LogP contribution in [0.25, 0.3) is 0 Å². The molecule has 0 aromatic carbocycles. The van der Waals surface area contributed by atoms with E-state index in [9.17, 15) is 14.0 Å². The predicted molar refractivity (Wildman–Crippen MR) is 73.2 cm³/mol. The number of esters is 2. The molecule has 0 aliphatic carbocycles. The van der Waals surface area contributed by atoms with E-state index < -0.39 is 18.3 Å². The van der Waals surface area contributed by atoms with Crippen LogP contribution in [0.2, 0.25) is 0 Å². The molecule has 0 rings (SSSR count). The molecular formula is C14H21FO6. The van der Waals surface area contributed by atoms with Crippen molar-refractivity contribution in [1.82, 2.24) is 0 Å². The molecule has 0 bridgehead atoms. The smallest absolute Gasteiger partial charge is 0.335 e. The summed E-state index contributed by atoms with van der Waals surface area (Å²) in [5, 5.41) is 0. The monoisotopic (exact) mass is 304 g/mol. The quantitative estimate of drug-likeness (QED) is 0.328. The van der Waals surface area contributed by atoms with E-state index in [0.717, 1.165) is 0 Å². The Bertz CT molecular complexity index is 380. The largest absolute Gasteiger partial charge is 0.460 e. The normalized spacial score (nSPS) is 11.6. The van der Waals surface area contributed by atoms with Gasteiger partial charge in [0, 0.05) is 11.1 Å².